The van der Waals surface area contributed by atoms with Gasteiger partial charge in [-0.1, -0.05) is 81.4 Å². The van der Waals surface area contributed by atoms with Gasteiger partial charge in [-0.25, -0.2) is 0 Å². The SMILES string of the molecule is CCc1cc2c(cc1/C(C)=N\N=C(/C)c1cc3c(cc1CC)C(C)(C)CCC3(C)C)C(C)(C)CCC2(C)C. The monoisotopic (exact) mass is 512 g/mol. The summed E-state index contributed by atoms with van der Waals surface area (Å²) in [5, 5.41) is 9.74. The van der Waals surface area contributed by atoms with Crippen LogP contribution in [0.25, 0.3) is 0 Å². The lowest BCUT2D eigenvalue weighted by atomic mass is 9.62. The largest absolute Gasteiger partial charge is 0.155 e. The Hall–Kier alpha value is -2.22. The van der Waals surface area contributed by atoms with E-state index >= 15 is 0 Å². The standard InChI is InChI=1S/C36H52N2/c1-13-25-19-29-31(35(9,10)17-15-33(29,5)6)21-27(25)23(3)37-38-24(4)28-22-32-30(20-26(28)14-2)34(7,8)16-18-36(32,11)12/h19-22H,13-18H2,1-12H3/b37-23-,38-24+. The van der Waals surface area contributed by atoms with E-state index in [1.165, 1.54) is 70.2 Å². The lowest BCUT2D eigenvalue weighted by molar-refractivity contribution is 0.331. The third kappa shape index (κ3) is 5.05. The number of hydrogen-bond acceptors (Lipinski definition) is 2. The summed E-state index contributed by atoms with van der Waals surface area (Å²) < 4.78 is 0. The molecule has 4 rings (SSSR count). The van der Waals surface area contributed by atoms with E-state index < -0.39 is 0 Å². The number of benzene rings is 2. The Balaban J connectivity index is 1.79. The van der Waals surface area contributed by atoms with Crippen LogP contribution in [-0.4, -0.2) is 11.4 Å². The van der Waals surface area contributed by atoms with Gasteiger partial charge in [0.05, 0.1) is 11.4 Å². The van der Waals surface area contributed by atoms with Crippen LogP contribution in [-0.2, 0) is 34.5 Å². The van der Waals surface area contributed by atoms with Crippen LogP contribution < -0.4 is 0 Å². The summed E-state index contributed by atoms with van der Waals surface area (Å²) in [6.45, 7) is 28.0. The van der Waals surface area contributed by atoms with E-state index in [1.807, 2.05) is 0 Å². The van der Waals surface area contributed by atoms with E-state index in [-0.39, 0.29) is 21.7 Å². The fourth-order valence-electron chi connectivity index (χ4n) is 6.83. The van der Waals surface area contributed by atoms with Gasteiger partial charge in [0.15, 0.2) is 0 Å². The smallest absolute Gasteiger partial charge is 0.0674 e. The fourth-order valence-corrected chi connectivity index (χ4v) is 6.83. The van der Waals surface area contributed by atoms with Crippen molar-refractivity contribution in [1.29, 1.82) is 0 Å². The molecular weight excluding hydrogens is 460 g/mol. The highest BCUT2D eigenvalue weighted by molar-refractivity contribution is 6.03. The number of rotatable bonds is 5. The minimum absolute atomic E-state index is 0.186. The van der Waals surface area contributed by atoms with Crippen LogP contribution in [0.1, 0.15) is 153 Å². The Labute approximate surface area is 233 Å². The average molecular weight is 513 g/mol. The zero-order valence-electron chi connectivity index (χ0n) is 26.4. The Morgan fingerprint density at radius 2 is 0.789 bits per heavy atom. The first kappa shape index (κ1) is 28.8. The van der Waals surface area contributed by atoms with Gasteiger partial charge in [-0.2, -0.15) is 10.2 Å². The molecule has 0 fully saturated rings. The highest BCUT2D eigenvalue weighted by atomic mass is 15.2. The van der Waals surface area contributed by atoms with E-state index in [1.54, 1.807) is 0 Å². The van der Waals surface area contributed by atoms with Crippen molar-refractivity contribution in [2.45, 2.75) is 143 Å². The summed E-state index contributed by atoms with van der Waals surface area (Å²) in [6.07, 6.45) is 6.92. The molecule has 0 spiro atoms. The van der Waals surface area contributed by atoms with Crippen molar-refractivity contribution >= 4 is 11.4 Å². The van der Waals surface area contributed by atoms with Crippen molar-refractivity contribution in [3.05, 3.63) is 68.8 Å². The van der Waals surface area contributed by atoms with Crippen molar-refractivity contribution < 1.29 is 0 Å². The molecule has 0 N–H and O–H groups in total. The van der Waals surface area contributed by atoms with E-state index in [9.17, 15) is 0 Å². The summed E-state index contributed by atoms with van der Waals surface area (Å²) in [5.74, 6) is 0. The Bertz CT molecular complexity index is 1200. The number of nitrogens with zero attached hydrogens (tertiary/aromatic N) is 2. The van der Waals surface area contributed by atoms with Crippen LogP contribution in [0, 0.1) is 0 Å². The molecule has 0 aromatic heterocycles. The molecule has 206 valence electrons. The van der Waals surface area contributed by atoms with E-state index in [0.29, 0.717) is 0 Å². The van der Waals surface area contributed by atoms with Gasteiger partial charge in [0.25, 0.3) is 0 Å². The molecule has 0 bridgehead atoms. The van der Waals surface area contributed by atoms with Crippen molar-refractivity contribution in [3.8, 4) is 0 Å². The molecule has 0 amide bonds. The first-order valence-corrected chi connectivity index (χ1v) is 15.0. The van der Waals surface area contributed by atoms with Gasteiger partial charge in [0, 0.05) is 11.1 Å². The summed E-state index contributed by atoms with van der Waals surface area (Å²) in [6, 6.07) is 9.84. The normalized spacial score (nSPS) is 21.6. The fraction of sp³-hybridized carbons (Fsp3) is 0.611. The number of hydrogen-bond donors (Lipinski definition) is 0. The summed E-state index contributed by atoms with van der Waals surface area (Å²) >= 11 is 0. The molecule has 0 aliphatic heterocycles. The van der Waals surface area contributed by atoms with Crippen molar-refractivity contribution in [2.24, 2.45) is 10.2 Å². The second-order valence-corrected chi connectivity index (χ2v) is 14.7. The molecule has 2 aromatic rings. The van der Waals surface area contributed by atoms with Crippen molar-refractivity contribution in [2.75, 3.05) is 0 Å². The van der Waals surface area contributed by atoms with Crippen molar-refractivity contribution in [1.82, 2.24) is 0 Å². The van der Waals surface area contributed by atoms with Crippen LogP contribution in [0.3, 0.4) is 0 Å². The highest BCUT2D eigenvalue weighted by Gasteiger charge is 2.39. The third-order valence-electron chi connectivity index (χ3n) is 10.0. The van der Waals surface area contributed by atoms with Gasteiger partial charge in [0.2, 0.25) is 0 Å². The predicted molar refractivity (Wildman–Crippen MR) is 167 cm³/mol. The third-order valence-corrected chi connectivity index (χ3v) is 10.0. The van der Waals surface area contributed by atoms with Gasteiger partial charge in [-0.3, -0.25) is 0 Å². The molecule has 0 unspecified atom stereocenters. The minimum Gasteiger partial charge on any atom is -0.155 e. The maximum atomic E-state index is 4.87. The topological polar surface area (TPSA) is 24.7 Å². The molecular formula is C36H52N2. The molecule has 2 heteroatoms. The first-order valence-electron chi connectivity index (χ1n) is 15.0. The summed E-state index contributed by atoms with van der Waals surface area (Å²) in [4.78, 5) is 0. The summed E-state index contributed by atoms with van der Waals surface area (Å²) in [5.41, 5.74) is 14.2. The summed E-state index contributed by atoms with van der Waals surface area (Å²) in [7, 11) is 0. The molecule has 0 saturated heterocycles. The Morgan fingerprint density at radius 1 is 0.526 bits per heavy atom. The quantitative estimate of drug-likeness (QED) is 0.281. The predicted octanol–water partition coefficient (Wildman–Crippen LogP) is 9.74. The molecule has 2 aliphatic carbocycles. The number of aryl methyl sites for hydroxylation is 2. The second-order valence-electron chi connectivity index (χ2n) is 14.7. The molecule has 0 atom stereocenters. The van der Waals surface area contributed by atoms with E-state index in [0.717, 1.165) is 24.3 Å². The Morgan fingerprint density at radius 3 is 1.05 bits per heavy atom. The maximum Gasteiger partial charge on any atom is 0.0674 e. The molecule has 2 aliphatic rings. The van der Waals surface area contributed by atoms with Gasteiger partial charge in [-0.15, -0.1) is 0 Å². The minimum atomic E-state index is 0.186. The average Bonchev–Trinajstić information content (AvgIpc) is 2.86. The van der Waals surface area contributed by atoms with E-state index in [2.05, 4.69) is 107 Å². The van der Waals surface area contributed by atoms with Crippen LogP contribution in [0.5, 0.6) is 0 Å². The lowest BCUT2D eigenvalue weighted by Gasteiger charge is -2.42. The van der Waals surface area contributed by atoms with Crippen molar-refractivity contribution in [3.63, 3.8) is 0 Å². The van der Waals surface area contributed by atoms with Crippen LogP contribution >= 0.6 is 0 Å². The van der Waals surface area contributed by atoms with E-state index in [4.69, 9.17) is 10.2 Å². The van der Waals surface area contributed by atoms with Gasteiger partial charge >= 0.3 is 0 Å². The maximum absolute atomic E-state index is 4.87. The van der Waals surface area contributed by atoms with Gasteiger partial charge in [0.1, 0.15) is 0 Å². The zero-order chi connectivity index (χ0) is 28.3. The molecule has 0 heterocycles. The Kier molecular flexibility index (Phi) is 7.39. The molecule has 0 radical (unpaired) electrons. The van der Waals surface area contributed by atoms with Crippen LogP contribution in [0.15, 0.2) is 34.5 Å². The van der Waals surface area contributed by atoms with Crippen LogP contribution in [0.4, 0.5) is 0 Å². The van der Waals surface area contributed by atoms with Gasteiger partial charge < -0.3 is 0 Å². The molecule has 2 nitrogen and oxygen atoms in total. The number of fused-ring (bicyclic) bond motifs is 2. The second kappa shape index (κ2) is 9.76. The highest BCUT2D eigenvalue weighted by Crippen LogP contribution is 2.48. The molecule has 2 aromatic carbocycles. The van der Waals surface area contributed by atoms with Crippen LogP contribution in [0.2, 0.25) is 0 Å². The lowest BCUT2D eigenvalue weighted by Crippen LogP contribution is -2.34. The first-order chi connectivity index (χ1) is 17.5. The zero-order valence-corrected chi connectivity index (χ0v) is 26.4. The molecule has 0 saturated carbocycles. The van der Waals surface area contributed by atoms with Gasteiger partial charge in [-0.05, 0) is 120 Å². The molecule has 38 heavy (non-hydrogen) atoms.